The molecule has 0 rings (SSSR count). The van der Waals surface area contributed by atoms with Crippen molar-refractivity contribution >= 4 is 11.9 Å². The van der Waals surface area contributed by atoms with E-state index in [0.717, 1.165) is 25.7 Å². The number of hydrogen-bond acceptors (Lipinski definition) is 4. The van der Waals surface area contributed by atoms with E-state index in [-0.39, 0.29) is 29.9 Å². The topological polar surface area (TPSA) is 80.3 Å². The number of rotatable bonds is 20. The molecule has 29 heavy (non-hydrogen) atoms. The van der Waals surface area contributed by atoms with Gasteiger partial charge in [0.1, 0.15) is 0 Å². The molecule has 177 valence electrons. The van der Waals surface area contributed by atoms with Crippen molar-refractivity contribution in [3.8, 4) is 0 Å². The molecule has 1 radical (unpaired) electrons. The Balaban J connectivity index is -0.000000451. The van der Waals surface area contributed by atoms with Crippen LogP contribution in [0.4, 0.5) is 0 Å². The maximum Gasteiger partial charge on any atom is 2.00 e. The minimum absolute atomic E-state index is 0. The third-order valence-corrected chi connectivity index (χ3v) is 4.97. The molecule has 0 aromatic carbocycles. The maximum absolute atomic E-state index is 10.1. The van der Waals surface area contributed by atoms with Gasteiger partial charge in [-0.3, -0.25) is 0 Å². The average molecular weight is 462 g/mol. The molecule has 0 aliphatic heterocycles. The van der Waals surface area contributed by atoms with Gasteiger partial charge in [0, 0.05) is 11.9 Å². The molecular formula is C24H46CuO4. The smallest absolute Gasteiger partial charge is 0.550 e. The van der Waals surface area contributed by atoms with E-state index >= 15 is 0 Å². The first-order chi connectivity index (χ1) is 13.5. The van der Waals surface area contributed by atoms with Gasteiger partial charge in [0.15, 0.2) is 0 Å². The van der Waals surface area contributed by atoms with Crippen molar-refractivity contribution in [3.63, 3.8) is 0 Å². The molecule has 0 aromatic rings. The molecule has 0 N–H and O–H groups in total. The van der Waals surface area contributed by atoms with Crippen molar-refractivity contribution in [2.45, 2.75) is 142 Å². The zero-order valence-corrected chi connectivity index (χ0v) is 20.0. The molecule has 0 amide bonds. The normalized spacial score (nSPS) is 10.0. The van der Waals surface area contributed by atoms with Crippen molar-refractivity contribution in [3.05, 3.63) is 0 Å². The van der Waals surface area contributed by atoms with Crippen LogP contribution in [0, 0.1) is 0 Å². The first kappa shape index (κ1) is 33.1. The summed E-state index contributed by atoms with van der Waals surface area (Å²) < 4.78 is 0. The minimum atomic E-state index is -0.909. The Bertz CT molecular complexity index is 303. The molecule has 0 bridgehead atoms. The number of carboxylic acids is 2. The van der Waals surface area contributed by atoms with E-state index in [1.165, 1.54) is 89.9 Å². The van der Waals surface area contributed by atoms with Crippen molar-refractivity contribution in [2.24, 2.45) is 0 Å². The Hall–Kier alpha value is -0.541. The second-order valence-corrected chi connectivity index (χ2v) is 7.90. The Kier molecular flexibility index (Phi) is 33.9. The molecule has 0 spiro atoms. The quantitative estimate of drug-likeness (QED) is 0.181. The number of unbranched alkanes of at least 4 members (excludes halogenated alkanes) is 16. The number of carbonyl (C=O) groups is 2. The maximum atomic E-state index is 10.1. The van der Waals surface area contributed by atoms with E-state index in [1.54, 1.807) is 0 Å². The molecule has 4 nitrogen and oxygen atoms in total. The van der Waals surface area contributed by atoms with E-state index < -0.39 is 11.9 Å². The SMILES string of the molecule is CCCCCCCCCCCC(=O)[O-].CCCCCCCCCCCC(=O)[O-].[Cu+2]. The van der Waals surface area contributed by atoms with E-state index in [0.29, 0.717) is 0 Å². The predicted octanol–water partition coefficient (Wildman–Crippen LogP) is 5.31. The van der Waals surface area contributed by atoms with Crippen LogP contribution in [0.3, 0.4) is 0 Å². The summed E-state index contributed by atoms with van der Waals surface area (Å²) in [5, 5.41) is 20.2. The van der Waals surface area contributed by atoms with Crippen LogP contribution in [-0.2, 0) is 26.7 Å². The van der Waals surface area contributed by atoms with Crippen LogP contribution in [0.1, 0.15) is 142 Å². The second kappa shape index (κ2) is 29.7. The van der Waals surface area contributed by atoms with Gasteiger partial charge in [-0.25, -0.2) is 0 Å². The summed E-state index contributed by atoms with van der Waals surface area (Å²) in [5.74, 6) is -1.82. The molecule has 0 heterocycles. The second-order valence-electron chi connectivity index (χ2n) is 7.90. The summed E-state index contributed by atoms with van der Waals surface area (Å²) in [6, 6.07) is 0. The fourth-order valence-corrected chi connectivity index (χ4v) is 3.16. The van der Waals surface area contributed by atoms with Gasteiger partial charge >= 0.3 is 17.1 Å². The summed E-state index contributed by atoms with van der Waals surface area (Å²) in [4.78, 5) is 20.2. The van der Waals surface area contributed by atoms with E-state index in [4.69, 9.17) is 0 Å². The van der Waals surface area contributed by atoms with Crippen LogP contribution in [0.15, 0.2) is 0 Å². The van der Waals surface area contributed by atoms with E-state index in [1.807, 2.05) is 0 Å². The standard InChI is InChI=1S/2C12H24O2.Cu/c2*1-2-3-4-5-6-7-8-9-10-11-12(13)14;/h2*2-11H2,1H3,(H,13,14);/q;;+2/p-2. The molecule has 0 atom stereocenters. The third-order valence-electron chi connectivity index (χ3n) is 4.97. The van der Waals surface area contributed by atoms with Gasteiger partial charge in [-0.05, 0) is 25.7 Å². The number of carbonyl (C=O) groups excluding carboxylic acids is 2. The van der Waals surface area contributed by atoms with Gasteiger partial charge in [-0.1, -0.05) is 117 Å². The van der Waals surface area contributed by atoms with Crippen molar-refractivity contribution in [1.82, 2.24) is 0 Å². The van der Waals surface area contributed by atoms with Crippen molar-refractivity contribution in [1.29, 1.82) is 0 Å². The van der Waals surface area contributed by atoms with E-state index in [9.17, 15) is 19.8 Å². The van der Waals surface area contributed by atoms with Crippen LogP contribution in [0.2, 0.25) is 0 Å². The van der Waals surface area contributed by atoms with Gasteiger partial charge in [0.2, 0.25) is 0 Å². The zero-order valence-electron chi connectivity index (χ0n) is 19.1. The zero-order chi connectivity index (χ0) is 21.3. The third kappa shape index (κ3) is 38.7. The van der Waals surface area contributed by atoms with Crippen LogP contribution < -0.4 is 10.2 Å². The number of aliphatic carboxylic acids is 2. The fraction of sp³-hybridized carbons (Fsp3) is 0.917. The van der Waals surface area contributed by atoms with Crippen molar-refractivity contribution < 1.29 is 36.9 Å². The first-order valence-electron chi connectivity index (χ1n) is 11.9. The molecule has 0 unspecified atom stereocenters. The Morgan fingerprint density at radius 3 is 0.862 bits per heavy atom. The fourth-order valence-electron chi connectivity index (χ4n) is 3.16. The molecule has 0 aliphatic rings. The predicted molar refractivity (Wildman–Crippen MR) is 114 cm³/mol. The molecule has 0 saturated carbocycles. The largest absolute Gasteiger partial charge is 2.00 e. The Labute approximate surface area is 191 Å². The average Bonchev–Trinajstić information content (AvgIpc) is 2.65. The summed E-state index contributed by atoms with van der Waals surface area (Å²) >= 11 is 0. The number of carboxylic acid groups (broad SMARTS) is 2. The molecule has 0 aromatic heterocycles. The van der Waals surface area contributed by atoms with Gasteiger partial charge in [-0.2, -0.15) is 0 Å². The monoisotopic (exact) mass is 461 g/mol. The van der Waals surface area contributed by atoms with Gasteiger partial charge in [0.25, 0.3) is 0 Å². The van der Waals surface area contributed by atoms with Crippen LogP contribution >= 0.6 is 0 Å². The molecule has 0 aliphatic carbocycles. The van der Waals surface area contributed by atoms with Crippen LogP contribution in [0.25, 0.3) is 0 Å². The summed E-state index contributed by atoms with van der Waals surface area (Å²) in [7, 11) is 0. The Morgan fingerprint density at radius 2 is 0.655 bits per heavy atom. The molecule has 5 heteroatoms. The summed E-state index contributed by atoms with van der Waals surface area (Å²) in [6.07, 6.45) is 22.3. The molecule has 0 fully saturated rings. The van der Waals surface area contributed by atoms with Gasteiger partial charge in [-0.15, -0.1) is 0 Å². The van der Waals surface area contributed by atoms with Crippen LogP contribution in [0.5, 0.6) is 0 Å². The van der Waals surface area contributed by atoms with Crippen molar-refractivity contribution in [2.75, 3.05) is 0 Å². The molecule has 0 saturated heterocycles. The van der Waals surface area contributed by atoms with Gasteiger partial charge < -0.3 is 19.8 Å². The number of hydrogen-bond donors (Lipinski definition) is 0. The Morgan fingerprint density at radius 1 is 0.448 bits per heavy atom. The minimum Gasteiger partial charge on any atom is -0.550 e. The molecular weight excluding hydrogens is 416 g/mol. The van der Waals surface area contributed by atoms with Crippen LogP contribution in [-0.4, -0.2) is 11.9 Å². The first-order valence-corrected chi connectivity index (χ1v) is 11.9. The van der Waals surface area contributed by atoms with E-state index in [2.05, 4.69) is 13.8 Å². The summed E-state index contributed by atoms with van der Waals surface area (Å²) in [5.41, 5.74) is 0. The van der Waals surface area contributed by atoms with Gasteiger partial charge in [0.05, 0.1) is 0 Å². The summed E-state index contributed by atoms with van der Waals surface area (Å²) in [6.45, 7) is 4.44.